The molecule has 3 nitrogen and oxygen atoms in total. The van der Waals surface area contributed by atoms with E-state index in [2.05, 4.69) is 31.9 Å². The van der Waals surface area contributed by atoms with E-state index in [0.717, 1.165) is 16.1 Å². The van der Waals surface area contributed by atoms with Crippen molar-refractivity contribution < 1.29 is 14.7 Å². The SMILES string of the molecule is CC(=O)C(Br)c1c(Br)cccc1/C=C/C(=O)O. The highest BCUT2D eigenvalue weighted by Crippen LogP contribution is 2.33. The lowest BCUT2D eigenvalue weighted by Crippen LogP contribution is -2.04. The van der Waals surface area contributed by atoms with Crippen molar-refractivity contribution in [2.75, 3.05) is 0 Å². The Hall–Kier alpha value is -0.940. The first-order valence-electron chi connectivity index (χ1n) is 4.77. The number of carbonyl (C=O) groups excluding carboxylic acids is 1. The molecule has 0 fully saturated rings. The molecule has 0 saturated carbocycles. The number of carbonyl (C=O) groups is 2. The maximum Gasteiger partial charge on any atom is 0.328 e. The standard InChI is InChI=1S/C12H10Br2O3/c1-7(15)12(14)11-8(5-6-10(16)17)3-2-4-9(11)13/h2-6,12H,1H3,(H,16,17)/b6-5+. The average Bonchev–Trinajstić information content (AvgIpc) is 2.25. The second kappa shape index (κ2) is 6.12. The number of Topliss-reactive ketones (excluding diaryl/α,β-unsaturated/α-hetero) is 1. The van der Waals surface area contributed by atoms with Gasteiger partial charge < -0.3 is 5.11 Å². The summed E-state index contributed by atoms with van der Waals surface area (Å²) >= 11 is 6.66. The third kappa shape index (κ3) is 3.78. The Morgan fingerprint density at radius 3 is 2.59 bits per heavy atom. The molecule has 0 aliphatic carbocycles. The molecule has 1 atom stereocenters. The summed E-state index contributed by atoms with van der Waals surface area (Å²) in [5, 5.41) is 8.61. The molecule has 1 aromatic rings. The van der Waals surface area contributed by atoms with Crippen LogP contribution in [0, 0.1) is 0 Å². The van der Waals surface area contributed by atoms with Crippen LogP contribution >= 0.6 is 31.9 Å². The maximum atomic E-state index is 11.4. The van der Waals surface area contributed by atoms with Crippen LogP contribution in [0.5, 0.6) is 0 Å². The summed E-state index contributed by atoms with van der Waals surface area (Å²) in [6, 6.07) is 5.36. The molecular formula is C12H10Br2O3. The Labute approximate surface area is 116 Å². The minimum atomic E-state index is -1.02. The molecule has 5 heteroatoms. The van der Waals surface area contributed by atoms with Crippen LogP contribution in [-0.4, -0.2) is 16.9 Å². The molecule has 1 N–H and O–H groups in total. The molecule has 90 valence electrons. The van der Waals surface area contributed by atoms with Crippen LogP contribution in [-0.2, 0) is 9.59 Å². The molecule has 1 aromatic carbocycles. The molecule has 0 aliphatic rings. The molecule has 0 aliphatic heterocycles. The van der Waals surface area contributed by atoms with Crippen LogP contribution in [0.25, 0.3) is 6.08 Å². The summed E-state index contributed by atoms with van der Waals surface area (Å²) in [5.74, 6) is -1.06. The summed E-state index contributed by atoms with van der Waals surface area (Å²) in [5.41, 5.74) is 1.43. The second-order valence-corrected chi connectivity index (χ2v) is 5.16. The Balaban J connectivity index is 3.26. The van der Waals surface area contributed by atoms with Crippen molar-refractivity contribution >= 4 is 49.7 Å². The van der Waals surface area contributed by atoms with E-state index in [1.165, 1.54) is 13.0 Å². The smallest absolute Gasteiger partial charge is 0.328 e. The molecule has 1 unspecified atom stereocenters. The van der Waals surface area contributed by atoms with E-state index in [-0.39, 0.29) is 5.78 Å². The fourth-order valence-corrected chi connectivity index (χ4v) is 2.76. The predicted molar refractivity (Wildman–Crippen MR) is 73.2 cm³/mol. The van der Waals surface area contributed by atoms with Crippen LogP contribution in [0.4, 0.5) is 0 Å². The lowest BCUT2D eigenvalue weighted by Gasteiger charge is -2.12. The first-order chi connectivity index (χ1) is 7.93. The monoisotopic (exact) mass is 360 g/mol. The van der Waals surface area contributed by atoms with Gasteiger partial charge in [0, 0.05) is 10.5 Å². The van der Waals surface area contributed by atoms with Crippen molar-refractivity contribution in [1.82, 2.24) is 0 Å². The molecular weight excluding hydrogens is 352 g/mol. The number of rotatable bonds is 4. The maximum absolute atomic E-state index is 11.4. The van der Waals surface area contributed by atoms with Gasteiger partial charge in [-0.15, -0.1) is 0 Å². The van der Waals surface area contributed by atoms with Gasteiger partial charge >= 0.3 is 5.97 Å². The topological polar surface area (TPSA) is 54.4 Å². The number of alkyl halides is 1. The highest BCUT2D eigenvalue weighted by Gasteiger charge is 2.18. The zero-order chi connectivity index (χ0) is 13.0. The number of carboxylic acid groups (broad SMARTS) is 1. The third-order valence-electron chi connectivity index (χ3n) is 2.10. The van der Waals surface area contributed by atoms with E-state index in [1.54, 1.807) is 12.1 Å². The van der Waals surface area contributed by atoms with Crippen LogP contribution in [0.1, 0.15) is 22.9 Å². The quantitative estimate of drug-likeness (QED) is 0.658. The van der Waals surface area contributed by atoms with Gasteiger partial charge in [0.15, 0.2) is 0 Å². The summed E-state index contributed by atoms with van der Waals surface area (Å²) in [7, 11) is 0. The van der Waals surface area contributed by atoms with Crippen molar-refractivity contribution in [2.24, 2.45) is 0 Å². The van der Waals surface area contributed by atoms with Crippen LogP contribution < -0.4 is 0 Å². The first kappa shape index (κ1) is 14.1. The lowest BCUT2D eigenvalue weighted by molar-refractivity contribution is -0.131. The summed E-state index contributed by atoms with van der Waals surface area (Å²) < 4.78 is 0.766. The van der Waals surface area contributed by atoms with Gasteiger partial charge in [-0.3, -0.25) is 4.79 Å². The Morgan fingerprint density at radius 2 is 2.06 bits per heavy atom. The molecule has 0 spiro atoms. The minimum Gasteiger partial charge on any atom is -0.478 e. The summed E-state index contributed by atoms with van der Waals surface area (Å²) in [4.78, 5) is 21.4. The fraction of sp³-hybridized carbons (Fsp3) is 0.167. The van der Waals surface area contributed by atoms with Gasteiger partial charge in [-0.25, -0.2) is 4.79 Å². The zero-order valence-electron chi connectivity index (χ0n) is 8.98. The molecule has 0 radical (unpaired) electrons. The molecule has 17 heavy (non-hydrogen) atoms. The number of halogens is 2. The summed E-state index contributed by atoms with van der Waals surface area (Å²) in [6.07, 6.45) is 2.52. The second-order valence-electron chi connectivity index (χ2n) is 3.39. The van der Waals surface area contributed by atoms with Crippen LogP contribution in [0.2, 0.25) is 0 Å². The lowest BCUT2D eigenvalue weighted by atomic mass is 10.0. The normalized spacial score (nSPS) is 12.6. The highest BCUT2D eigenvalue weighted by atomic mass is 79.9. The van der Waals surface area contributed by atoms with Gasteiger partial charge in [0.1, 0.15) is 5.78 Å². The van der Waals surface area contributed by atoms with Crippen molar-refractivity contribution in [3.8, 4) is 0 Å². The van der Waals surface area contributed by atoms with Crippen molar-refractivity contribution in [1.29, 1.82) is 0 Å². The van der Waals surface area contributed by atoms with E-state index in [1.807, 2.05) is 6.07 Å². The van der Waals surface area contributed by atoms with Crippen molar-refractivity contribution in [3.05, 3.63) is 39.9 Å². The number of hydrogen-bond acceptors (Lipinski definition) is 2. The largest absolute Gasteiger partial charge is 0.478 e. The fourth-order valence-electron chi connectivity index (χ4n) is 1.33. The van der Waals surface area contributed by atoms with Crippen molar-refractivity contribution in [2.45, 2.75) is 11.8 Å². The van der Waals surface area contributed by atoms with Crippen molar-refractivity contribution in [3.63, 3.8) is 0 Å². The van der Waals surface area contributed by atoms with E-state index in [4.69, 9.17) is 5.11 Å². The van der Waals surface area contributed by atoms with Crippen LogP contribution in [0.3, 0.4) is 0 Å². The van der Waals surface area contributed by atoms with E-state index in [0.29, 0.717) is 5.56 Å². The van der Waals surface area contributed by atoms with Crippen LogP contribution in [0.15, 0.2) is 28.7 Å². The Morgan fingerprint density at radius 1 is 1.41 bits per heavy atom. The molecule has 0 bridgehead atoms. The van der Waals surface area contributed by atoms with Gasteiger partial charge in [-0.2, -0.15) is 0 Å². The van der Waals surface area contributed by atoms with Gasteiger partial charge in [-0.05, 0) is 30.2 Å². The Kier molecular flexibility index (Phi) is 5.08. The molecule has 0 saturated heterocycles. The molecule has 0 heterocycles. The predicted octanol–water partition coefficient (Wildman–Crippen LogP) is 3.57. The average molecular weight is 362 g/mol. The summed E-state index contributed by atoms with van der Waals surface area (Å²) in [6.45, 7) is 1.48. The first-order valence-corrected chi connectivity index (χ1v) is 6.48. The Bertz CT molecular complexity index is 481. The number of benzene rings is 1. The van der Waals surface area contributed by atoms with E-state index < -0.39 is 10.8 Å². The number of ketones is 1. The third-order valence-corrected chi connectivity index (χ3v) is 3.90. The zero-order valence-corrected chi connectivity index (χ0v) is 12.2. The molecule has 0 amide bonds. The minimum absolute atomic E-state index is 0.0399. The molecule has 0 aromatic heterocycles. The number of carboxylic acids is 1. The van der Waals surface area contributed by atoms with Gasteiger partial charge in [0.05, 0.1) is 4.83 Å². The van der Waals surface area contributed by atoms with Gasteiger partial charge in [-0.1, -0.05) is 44.0 Å². The van der Waals surface area contributed by atoms with E-state index >= 15 is 0 Å². The number of aliphatic carboxylic acids is 1. The van der Waals surface area contributed by atoms with E-state index in [9.17, 15) is 9.59 Å². The van der Waals surface area contributed by atoms with Gasteiger partial charge in [0.25, 0.3) is 0 Å². The molecule has 1 rings (SSSR count). The van der Waals surface area contributed by atoms with Gasteiger partial charge in [0.2, 0.25) is 0 Å². The number of hydrogen-bond donors (Lipinski definition) is 1. The highest BCUT2D eigenvalue weighted by molar-refractivity contribution is 9.11.